The Balaban J connectivity index is 1.61. The molecule has 0 radical (unpaired) electrons. The maximum absolute atomic E-state index is 12.0. The van der Waals surface area contributed by atoms with Crippen molar-refractivity contribution in [1.82, 2.24) is 9.38 Å². The minimum absolute atomic E-state index is 0.0178. The Labute approximate surface area is 137 Å². The topological polar surface area (TPSA) is 60.7 Å². The summed E-state index contributed by atoms with van der Waals surface area (Å²) in [5, 5.41) is 1.79. The van der Waals surface area contributed by atoms with Crippen LogP contribution in [0.4, 0.5) is 0 Å². The van der Waals surface area contributed by atoms with Gasteiger partial charge in [0.25, 0.3) is 5.56 Å². The molecule has 0 unspecified atom stereocenters. The number of thiazole rings is 1. The van der Waals surface area contributed by atoms with Crippen molar-refractivity contribution in [3.05, 3.63) is 69.6 Å². The van der Waals surface area contributed by atoms with Crippen LogP contribution < -0.4 is 5.56 Å². The summed E-state index contributed by atoms with van der Waals surface area (Å²) in [6.07, 6.45) is 1.97. The van der Waals surface area contributed by atoms with E-state index >= 15 is 0 Å². The quantitative estimate of drug-likeness (QED) is 0.676. The highest BCUT2D eigenvalue weighted by Crippen LogP contribution is 2.19. The maximum atomic E-state index is 12.0. The fourth-order valence-corrected chi connectivity index (χ4v) is 3.06. The molecule has 2 aromatic heterocycles. The second-order valence-electron chi connectivity index (χ2n) is 5.32. The SMILES string of the molecule is C[C@H](CC(=O)OCc1cc(=O)n2ccsc2n1)c1ccccc1. The van der Waals surface area contributed by atoms with E-state index in [0.717, 1.165) is 5.56 Å². The number of esters is 1. The fraction of sp³-hybridized carbons (Fsp3) is 0.235. The van der Waals surface area contributed by atoms with Crippen molar-refractivity contribution in [1.29, 1.82) is 0 Å². The van der Waals surface area contributed by atoms with Gasteiger partial charge in [-0.15, -0.1) is 11.3 Å². The Morgan fingerprint density at radius 2 is 2.13 bits per heavy atom. The number of fused-ring (bicyclic) bond motifs is 1. The molecule has 3 rings (SSSR count). The maximum Gasteiger partial charge on any atom is 0.306 e. The lowest BCUT2D eigenvalue weighted by Gasteiger charge is -2.11. The van der Waals surface area contributed by atoms with Gasteiger partial charge in [0, 0.05) is 17.6 Å². The van der Waals surface area contributed by atoms with Gasteiger partial charge in [0.2, 0.25) is 0 Å². The van der Waals surface area contributed by atoms with Crippen LogP contribution in [0.2, 0.25) is 0 Å². The van der Waals surface area contributed by atoms with Crippen molar-refractivity contribution in [2.75, 3.05) is 0 Å². The van der Waals surface area contributed by atoms with Crippen molar-refractivity contribution in [2.45, 2.75) is 25.9 Å². The lowest BCUT2D eigenvalue weighted by Crippen LogP contribution is -2.15. The smallest absolute Gasteiger partial charge is 0.306 e. The molecule has 0 N–H and O–H groups in total. The molecule has 23 heavy (non-hydrogen) atoms. The molecule has 0 saturated carbocycles. The highest BCUT2D eigenvalue weighted by molar-refractivity contribution is 7.15. The van der Waals surface area contributed by atoms with E-state index < -0.39 is 0 Å². The van der Waals surface area contributed by atoms with E-state index in [1.807, 2.05) is 37.3 Å². The summed E-state index contributed by atoms with van der Waals surface area (Å²) in [6, 6.07) is 11.2. The fourth-order valence-electron chi connectivity index (χ4n) is 2.32. The highest BCUT2D eigenvalue weighted by Gasteiger charge is 2.13. The van der Waals surface area contributed by atoms with Gasteiger partial charge in [-0.3, -0.25) is 14.0 Å². The monoisotopic (exact) mass is 328 g/mol. The number of aromatic nitrogens is 2. The molecule has 3 aromatic rings. The van der Waals surface area contributed by atoms with Crippen LogP contribution in [-0.4, -0.2) is 15.4 Å². The molecule has 0 amide bonds. The minimum Gasteiger partial charge on any atom is -0.459 e. The first-order valence-corrected chi connectivity index (χ1v) is 8.18. The molecule has 0 bridgehead atoms. The first kappa shape index (κ1) is 15.4. The minimum atomic E-state index is -0.297. The molecule has 0 aliphatic carbocycles. The largest absolute Gasteiger partial charge is 0.459 e. The third-order valence-electron chi connectivity index (χ3n) is 3.58. The van der Waals surface area contributed by atoms with Crippen molar-refractivity contribution >= 4 is 22.3 Å². The summed E-state index contributed by atoms with van der Waals surface area (Å²) in [5.41, 5.74) is 1.40. The first-order valence-electron chi connectivity index (χ1n) is 7.30. The van der Waals surface area contributed by atoms with E-state index in [4.69, 9.17) is 4.74 Å². The molecule has 0 spiro atoms. The summed E-state index contributed by atoms with van der Waals surface area (Å²) in [4.78, 5) is 28.7. The van der Waals surface area contributed by atoms with E-state index in [9.17, 15) is 9.59 Å². The Hall–Kier alpha value is -2.47. The van der Waals surface area contributed by atoms with Crippen LogP contribution in [0.25, 0.3) is 4.96 Å². The summed E-state index contributed by atoms with van der Waals surface area (Å²) >= 11 is 1.37. The third-order valence-corrected chi connectivity index (χ3v) is 4.34. The number of nitrogens with zero attached hydrogens (tertiary/aromatic N) is 2. The van der Waals surface area contributed by atoms with E-state index in [2.05, 4.69) is 4.98 Å². The number of benzene rings is 1. The molecular weight excluding hydrogens is 312 g/mol. The van der Waals surface area contributed by atoms with Crippen LogP contribution in [0.3, 0.4) is 0 Å². The van der Waals surface area contributed by atoms with Crippen LogP contribution in [0, 0.1) is 0 Å². The molecule has 0 aliphatic heterocycles. The highest BCUT2D eigenvalue weighted by atomic mass is 32.1. The van der Waals surface area contributed by atoms with Gasteiger partial charge in [0.15, 0.2) is 4.96 Å². The zero-order valence-corrected chi connectivity index (χ0v) is 13.5. The summed E-state index contributed by atoms with van der Waals surface area (Å²) in [5.74, 6) is -0.211. The van der Waals surface area contributed by atoms with Crippen LogP contribution in [0.5, 0.6) is 0 Å². The first-order chi connectivity index (χ1) is 11.1. The Morgan fingerprint density at radius 3 is 2.91 bits per heavy atom. The van der Waals surface area contributed by atoms with E-state index in [1.54, 1.807) is 11.6 Å². The van der Waals surface area contributed by atoms with Crippen molar-refractivity contribution in [3.63, 3.8) is 0 Å². The number of ether oxygens (including phenoxy) is 1. The van der Waals surface area contributed by atoms with Crippen molar-refractivity contribution in [2.24, 2.45) is 0 Å². The second-order valence-corrected chi connectivity index (χ2v) is 6.19. The molecule has 1 aromatic carbocycles. The third kappa shape index (κ3) is 3.65. The van der Waals surface area contributed by atoms with E-state index in [1.165, 1.54) is 21.8 Å². The van der Waals surface area contributed by atoms with Gasteiger partial charge >= 0.3 is 5.97 Å². The number of rotatable bonds is 5. The van der Waals surface area contributed by atoms with Gasteiger partial charge in [0.05, 0.1) is 12.1 Å². The van der Waals surface area contributed by atoms with Gasteiger partial charge in [-0.05, 0) is 11.5 Å². The molecule has 2 heterocycles. The molecular formula is C17H16N2O3S. The molecule has 118 valence electrons. The number of carbonyl (C=O) groups excluding carboxylic acids is 1. The normalized spacial score (nSPS) is 12.2. The predicted molar refractivity (Wildman–Crippen MR) is 88.6 cm³/mol. The van der Waals surface area contributed by atoms with Crippen molar-refractivity contribution in [3.8, 4) is 0 Å². The molecule has 5 nitrogen and oxygen atoms in total. The average molecular weight is 328 g/mol. The number of carbonyl (C=O) groups is 1. The van der Waals surface area contributed by atoms with Gasteiger partial charge < -0.3 is 4.74 Å². The van der Waals surface area contributed by atoms with Crippen LogP contribution >= 0.6 is 11.3 Å². The molecule has 0 fully saturated rings. The standard InChI is InChI=1S/C17H16N2O3S/c1-12(13-5-3-2-4-6-13)9-16(21)22-11-14-10-15(20)19-7-8-23-17(19)18-14/h2-8,10,12H,9,11H2,1H3/t12-/m1/s1. The molecule has 0 saturated heterocycles. The van der Waals surface area contributed by atoms with Gasteiger partial charge in [-0.25, -0.2) is 4.98 Å². The number of hydrogen-bond acceptors (Lipinski definition) is 5. The zero-order chi connectivity index (χ0) is 16.2. The van der Waals surface area contributed by atoms with Crippen LogP contribution in [-0.2, 0) is 16.1 Å². The summed E-state index contributed by atoms with van der Waals surface area (Å²) < 4.78 is 6.72. The van der Waals surface area contributed by atoms with Gasteiger partial charge in [0.1, 0.15) is 6.61 Å². The Bertz CT molecular complexity index is 870. The summed E-state index contributed by atoms with van der Waals surface area (Å²) in [6.45, 7) is 2.00. The van der Waals surface area contributed by atoms with Crippen LogP contribution in [0.1, 0.15) is 30.5 Å². The lowest BCUT2D eigenvalue weighted by atomic mass is 9.98. The average Bonchev–Trinajstić information content (AvgIpc) is 3.03. The van der Waals surface area contributed by atoms with Gasteiger partial charge in [-0.2, -0.15) is 0 Å². The lowest BCUT2D eigenvalue weighted by molar-refractivity contribution is -0.145. The molecule has 1 atom stereocenters. The summed E-state index contributed by atoms with van der Waals surface area (Å²) in [7, 11) is 0. The predicted octanol–water partition coefficient (Wildman–Crippen LogP) is 2.99. The van der Waals surface area contributed by atoms with Gasteiger partial charge in [-0.1, -0.05) is 37.3 Å². The zero-order valence-electron chi connectivity index (χ0n) is 12.6. The van der Waals surface area contributed by atoms with Crippen molar-refractivity contribution < 1.29 is 9.53 Å². The number of hydrogen-bond donors (Lipinski definition) is 0. The molecule has 0 aliphatic rings. The van der Waals surface area contributed by atoms with E-state index in [-0.39, 0.29) is 24.1 Å². The Morgan fingerprint density at radius 1 is 1.35 bits per heavy atom. The Kier molecular flexibility index (Phi) is 4.52. The second kappa shape index (κ2) is 6.75. The van der Waals surface area contributed by atoms with Crippen LogP contribution in [0.15, 0.2) is 52.8 Å². The molecule has 6 heteroatoms. The van der Waals surface area contributed by atoms with E-state index in [0.29, 0.717) is 17.1 Å².